The minimum absolute atomic E-state index is 0.0616. The molecule has 0 aliphatic carbocycles. The SMILES string of the molecule is O=C(O)c1ccc2nc(NC(=O)c3ccc(Cl)c(C(F)(F)F)c3)sc2c1. The van der Waals surface area contributed by atoms with Crippen LogP contribution in [0.5, 0.6) is 0 Å². The van der Waals surface area contributed by atoms with Crippen molar-refractivity contribution in [2.45, 2.75) is 6.18 Å². The number of carbonyl (C=O) groups excluding carboxylic acids is 1. The summed E-state index contributed by atoms with van der Waals surface area (Å²) in [6.07, 6.45) is -4.68. The van der Waals surface area contributed by atoms with Crippen LogP contribution in [0.4, 0.5) is 18.3 Å². The zero-order valence-electron chi connectivity index (χ0n) is 12.6. The highest BCUT2D eigenvalue weighted by Crippen LogP contribution is 2.35. The number of alkyl halides is 3. The minimum atomic E-state index is -4.68. The van der Waals surface area contributed by atoms with E-state index in [4.69, 9.17) is 16.7 Å². The number of carboxylic acid groups (broad SMARTS) is 1. The number of fused-ring (bicyclic) bond motifs is 1. The van der Waals surface area contributed by atoms with Gasteiger partial charge in [0.05, 0.1) is 26.4 Å². The van der Waals surface area contributed by atoms with Crippen molar-refractivity contribution in [2.75, 3.05) is 5.32 Å². The quantitative estimate of drug-likeness (QED) is 0.654. The van der Waals surface area contributed by atoms with Crippen LogP contribution >= 0.6 is 22.9 Å². The first kappa shape index (κ1) is 18.2. The second-order valence-electron chi connectivity index (χ2n) is 5.15. The summed E-state index contributed by atoms with van der Waals surface area (Å²) in [7, 11) is 0. The van der Waals surface area contributed by atoms with E-state index in [1.807, 2.05) is 0 Å². The Morgan fingerprint density at radius 1 is 1.12 bits per heavy atom. The van der Waals surface area contributed by atoms with E-state index < -0.39 is 28.6 Å². The molecule has 10 heteroatoms. The van der Waals surface area contributed by atoms with E-state index >= 15 is 0 Å². The number of carbonyl (C=O) groups is 2. The van der Waals surface area contributed by atoms with Crippen LogP contribution in [0.25, 0.3) is 10.2 Å². The first-order chi connectivity index (χ1) is 12.1. The lowest BCUT2D eigenvalue weighted by Crippen LogP contribution is -2.14. The fraction of sp³-hybridized carbons (Fsp3) is 0.0625. The number of carboxylic acids is 1. The van der Waals surface area contributed by atoms with Crippen LogP contribution in [0.3, 0.4) is 0 Å². The molecule has 0 bridgehead atoms. The van der Waals surface area contributed by atoms with Crippen molar-refractivity contribution in [3.05, 3.63) is 58.1 Å². The standard InChI is InChI=1S/C16H8ClF3N2O3S/c17-10-3-1-7(5-9(10)16(18,19)20)13(23)22-15-21-11-4-2-8(14(24)25)6-12(11)26-15/h1-6H,(H,24,25)(H,21,22,23). The van der Waals surface area contributed by atoms with Crippen LogP contribution in [-0.2, 0) is 6.18 Å². The van der Waals surface area contributed by atoms with Gasteiger partial charge < -0.3 is 5.11 Å². The maximum Gasteiger partial charge on any atom is 0.417 e. The highest BCUT2D eigenvalue weighted by Gasteiger charge is 2.33. The number of aromatic carboxylic acids is 1. The molecule has 0 radical (unpaired) electrons. The molecule has 2 aromatic carbocycles. The molecule has 3 rings (SSSR count). The average molecular weight is 401 g/mol. The Morgan fingerprint density at radius 2 is 1.81 bits per heavy atom. The summed E-state index contributed by atoms with van der Waals surface area (Å²) in [4.78, 5) is 27.3. The molecule has 0 atom stereocenters. The summed E-state index contributed by atoms with van der Waals surface area (Å²) in [5.41, 5.74) is -0.816. The number of nitrogens with one attached hydrogen (secondary N) is 1. The Kier molecular flexibility index (Phi) is 4.59. The van der Waals surface area contributed by atoms with Crippen LogP contribution in [0, 0.1) is 0 Å². The second kappa shape index (κ2) is 6.58. The summed E-state index contributed by atoms with van der Waals surface area (Å²) in [5, 5.41) is 11.0. The van der Waals surface area contributed by atoms with E-state index in [0.717, 1.165) is 17.4 Å². The second-order valence-corrected chi connectivity index (χ2v) is 6.59. The van der Waals surface area contributed by atoms with Crippen molar-refractivity contribution in [3.63, 3.8) is 0 Å². The lowest BCUT2D eigenvalue weighted by molar-refractivity contribution is -0.137. The molecule has 1 aromatic heterocycles. The van der Waals surface area contributed by atoms with E-state index in [1.165, 1.54) is 24.3 Å². The number of nitrogens with zero attached hydrogens (tertiary/aromatic N) is 1. The summed E-state index contributed by atoms with van der Waals surface area (Å²) in [6, 6.07) is 7.07. The van der Waals surface area contributed by atoms with Crippen LogP contribution in [-0.4, -0.2) is 22.0 Å². The molecule has 5 nitrogen and oxygen atoms in total. The molecule has 0 aliphatic heterocycles. The number of amides is 1. The van der Waals surface area contributed by atoms with Gasteiger partial charge in [-0.3, -0.25) is 10.1 Å². The van der Waals surface area contributed by atoms with Gasteiger partial charge in [-0.2, -0.15) is 13.2 Å². The Bertz CT molecular complexity index is 1030. The molecule has 2 N–H and O–H groups in total. The third-order valence-corrected chi connectivity index (χ3v) is 4.65. The van der Waals surface area contributed by atoms with Gasteiger partial charge in [0.1, 0.15) is 0 Å². The van der Waals surface area contributed by atoms with E-state index in [2.05, 4.69) is 10.3 Å². The monoisotopic (exact) mass is 400 g/mol. The summed E-state index contributed by atoms with van der Waals surface area (Å²) in [5.74, 6) is -1.89. The Morgan fingerprint density at radius 3 is 2.46 bits per heavy atom. The van der Waals surface area contributed by atoms with Crippen molar-refractivity contribution in [1.82, 2.24) is 4.98 Å². The molecule has 26 heavy (non-hydrogen) atoms. The van der Waals surface area contributed by atoms with Gasteiger partial charge in [-0.1, -0.05) is 22.9 Å². The third kappa shape index (κ3) is 3.63. The molecular formula is C16H8ClF3N2O3S. The lowest BCUT2D eigenvalue weighted by Gasteiger charge is -2.10. The molecule has 1 amide bonds. The van der Waals surface area contributed by atoms with Gasteiger partial charge in [0.25, 0.3) is 5.91 Å². The minimum Gasteiger partial charge on any atom is -0.478 e. The first-order valence-corrected chi connectivity index (χ1v) is 8.16. The summed E-state index contributed by atoms with van der Waals surface area (Å²) >= 11 is 6.54. The fourth-order valence-corrected chi connectivity index (χ4v) is 3.29. The van der Waals surface area contributed by atoms with Crippen molar-refractivity contribution < 1.29 is 27.9 Å². The number of halogens is 4. The number of thiazole rings is 1. The van der Waals surface area contributed by atoms with Gasteiger partial charge in [-0.15, -0.1) is 0 Å². The number of benzene rings is 2. The van der Waals surface area contributed by atoms with Crippen LogP contribution < -0.4 is 5.32 Å². The normalized spacial score (nSPS) is 11.5. The highest BCUT2D eigenvalue weighted by atomic mass is 35.5. The topological polar surface area (TPSA) is 79.3 Å². The molecule has 0 saturated heterocycles. The van der Waals surface area contributed by atoms with Gasteiger partial charge in [-0.25, -0.2) is 9.78 Å². The van der Waals surface area contributed by atoms with Crippen LogP contribution in [0.2, 0.25) is 5.02 Å². The predicted molar refractivity (Wildman–Crippen MR) is 91.0 cm³/mol. The number of aromatic nitrogens is 1. The molecule has 0 aliphatic rings. The molecule has 0 saturated carbocycles. The molecule has 0 fully saturated rings. The van der Waals surface area contributed by atoms with Gasteiger partial charge >= 0.3 is 12.1 Å². The van der Waals surface area contributed by atoms with Gasteiger partial charge in [0, 0.05) is 5.56 Å². The third-order valence-electron chi connectivity index (χ3n) is 3.39. The molecule has 3 aromatic rings. The van der Waals surface area contributed by atoms with Gasteiger partial charge in [0.2, 0.25) is 0 Å². The maximum atomic E-state index is 12.9. The lowest BCUT2D eigenvalue weighted by atomic mass is 10.1. The zero-order valence-corrected chi connectivity index (χ0v) is 14.2. The molecule has 0 unspecified atom stereocenters. The Hall–Kier alpha value is -2.65. The molecule has 134 valence electrons. The number of rotatable bonds is 3. The number of hydrogen-bond donors (Lipinski definition) is 2. The first-order valence-electron chi connectivity index (χ1n) is 6.97. The molecular weight excluding hydrogens is 393 g/mol. The smallest absolute Gasteiger partial charge is 0.417 e. The van der Waals surface area contributed by atoms with Crippen molar-refractivity contribution >= 4 is 50.2 Å². The highest BCUT2D eigenvalue weighted by molar-refractivity contribution is 7.22. The number of hydrogen-bond acceptors (Lipinski definition) is 4. The number of anilines is 1. The van der Waals surface area contributed by atoms with E-state index in [0.29, 0.717) is 16.3 Å². The largest absolute Gasteiger partial charge is 0.478 e. The van der Waals surface area contributed by atoms with Gasteiger partial charge in [-0.05, 0) is 36.4 Å². The van der Waals surface area contributed by atoms with Gasteiger partial charge in [0.15, 0.2) is 5.13 Å². The van der Waals surface area contributed by atoms with E-state index in [9.17, 15) is 22.8 Å². The van der Waals surface area contributed by atoms with Crippen LogP contribution in [0.15, 0.2) is 36.4 Å². The Labute approximate surface area is 153 Å². The van der Waals surface area contributed by atoms with Crippen molar-refractivity contribution in [1.29, 1.82) is 0 Å². The summed E-state index contributed by atoms with van der Waals surface area (Å²) in [6.45, 7) is 0. The van der Waals surface area contributed by atoms with Crippen molar-refractivity contribution in [3.8, 4) is 0 Å². The van der Waals surface area contributed by atoms with Crippen molar-refractivity contribution in [2.24, 2.45) is 0 Å². The average Bonchev–Trinajstić information content (AvgIpc) is 2.95. The summed E-state index contributed by atoms with van der Waals surface area (Å²) < 4.78 is 39.2. The Balaban J connectivity index is 1.88. The van der Waals surface area contributed by atoms with E-state index in [-0.39, 0.29) is 16.3 Å². The fourth-order valence-electron chi connectivity index (χ4n) is 2.16. The van der Waals surface area contributed by atoms with E-state index in [1.54, 1.807) is 0 Å². The molecule has 0 spiro atoms. The predicted octanol–water partition coefficient (Wildman–Crippen LogP) is 4.92. The maximum absolute atomic E-state index is 12.9. The van der Waals surface area contributed by atoms with Crippen LogP contribution in [0.1, 0.15) is 26.3 Å². The zero-order chi connectivity index (χ0) is 19.1. The molecule has 1 heterocycles.